The number of hydrogen-bond donors (Lipinski definition) is 1. The fourth-order valence-corrected chi connectivity index (χ4v) is 2.40. The van der Waals surface area contributed by atoms with Gasteiger partial charge in [-0.05, 0) is 55.8 Å². The molecule has 0 radical (unpaired) electrons. The number of rotatable bonds is 7. The van der Waals surface area contributed by atoms with Crippen LogP contribution in [-0.4, -0.2) is 19.1 Å². The minimum Gasteiger partial charge on any atom is -0.490 e. The van der Waals surface area contributed by atoms with Crippen LogP contribution in [0, 0.1) is 0 Å². The van der Waals surface area contributed by atoms with E-state index in [0.29, 0.717) is 40.4 Å². The molecule has 4 nitrogen and oxygen atoms in total. The third-order valence-electron chi connectivity index (χ3n) is 3.18. The number of carbonyl (C=O) groups excluding carboxylic acids is 1. The van der Waals surface area contributed by atoms with Crippen LogP contribution in [0.4, 0.5) is 5.69 Å². The molecule has 0 heterocycles. The SMILES string of the molecule is CCOc1ccc(/C=C/C(=O)Nc2ccc(Cl)c(Cl)c2)cc1OCC. The van der Waals surface area contributed by atoms with E-state index < -0.39 is 0 Å². The maximum atomic E-state index is 12.0. The van der Waals surface area contributed by atoms with Gasteiger partial charge in [-0.15, -0.1) is 0 Å². The summed E-state index contributed by atoms with van der Waals surface area (Å²) in [5.74, 6) is 1.06. The fraction of sp³-hybridized carbons (Fsp3) is 0.211. The molecule has 1 N–H and O–H groups in total. The molecule has 0 saturated heterocycles. The Kier molecular flexibility index (Phi) is 7.16. The molecule has 2 aromatic rings. The average molecular weight is 380 g/mol. The van der Waals surface area contributed by atoms with Gasteiger partial charge in [-0.2, -0.15) is 0 Å². The summed E-state index contributed by atoms with van der Waals surface area (Å²) in [6.07, 6.45) is 3.14. The van der Waals surface area contributed by atoms with Gasteiger partial charge in [0.25, 0.3) is 0 Å². The minimum absolute atomic E-state index is 0.273. The average Bonchev–Trinajstić information content (AvgIpc) is 2.59. The first-order valence-electron chi connectivity index (χ1n) is 7.87. The van der Waals surface area contributed by atoms with Crippen molar-refractivity contribution in [2.45, 2.75) is 13.8 Å². The van der Waals surface area contributed by atoms with Gasteiger partial charge in [-0.25, -0.2) is 0 Å². The van der Waals surface area contributed by atoms with E-state index in [1.165, 1.54) is 6.08 Å². The van der Waals surface area contributed by atoms with Crippen LogP contribution in [0.25, 0.3) is 6.08 Å². The maximum absolute atomic E-state index is 12.0. The molecular weight excluding hydrogens is 361 g/mol. The van der Waals surface area contributed by atoms with Crippen molar-refractivity contribution in [2.24, 2.45) is 0 Å². The lowest BCUT2D eigenvalue weighted by atomic mass is 10.2. The van der Waals surface area contributed by atoms with E-state index in [4.69, 9.17) is 32.7 Å². The smallest absolute Gasteiger partial charge is 0.248 e. The summed E-state index contributed by atoms with van der Waals surface area (Å²) in [4.78, 5) is 12.0. The Balaban J connectivity index is 2.08. The first-order chi connectivity index (χ1) is 12.0. The molecule has 0 aliphatic heterocycles. The van der Waals surface area contributed by atoms with Crippen LogP contribution in [0.2, 0.25) is 10.0 Å². The second kappa shape index (κ2) is 9.35. The highest BCUT2D eigenvalue weighted by Crippen LogP contribution is 2.29. The van der Waals surface area contributed by atoms with E-state index >= 15 is 0 Å². The third kappa shape index (κ3) is 5.69. The Hall–Kier alpha value is -2.17. The fourth-order valence-electron chi connectivity index (χ4n) is 2.10. The monoisotopic (exact) mass is 379 g/mol. The van der Waals surface area contributed by atoms with Crippen molar-refractivity contribution in [1.82, 2.24) is 0 Å². The lowest BCUT2D eigenvalue weighted by molar-refractivity contribution is -0.111. The highest BCUT2D eigenvalue weighted by molar-refractivity contribution is 6.42. The van der Waals surface area contributed by atoms with Crippen LogP contribution in [0.3, 0.4) is 0 Å². The molecule has 0 fully saturated rings. The van der Waals surface area contributed by atoms with E-state index in [1.54, 1.807) is 24.3 Å². The molecule has 25 heavy (non-hydrogen) atoms. The van der Waals surface area contributed by atoms with Gasteiger partial charge in [0, 0.05) is 11.8 Å². The largest absolute Gasteiger partial charge is 0.490 e. The Morgan fingerprint density at radius 3 is 2.40 bits per heavy atom. The molecule has 0 aliphatic carbocycles. The topological polar surface area (TPSA) is 47.6 Å². The zero-order valence-electron chi connectivity index (χ0n) is 14.0. The number of anilines is 1. The van der Waals surface area contributed by atoms with Crippen molar-refractivity contribution in [3.05, 3.63) is 58.1 Å². The summed E-state index contributed by atoms with van der Waals surface area (Å²) in [6.45, 7) is 4.91. The molecule has 0 saturated carbocycles. The zero-order valence-corrected chi connectivity index (χ0v) is 15.5. The van der Waals surface area contributed by atoms with Crippen molar-refractivity contribution >= 4 is 40.9 Å². The number of amides is 1. The van der Waals surface area contributed by atoms with E-state index in [2.05, 4.69) is 5.32 Å². The normalized spacial score (nSPS) is 10.7. The molecule has 0 aromatic heterocycles. The first kappa shape index (κ1) is 19.2. The minimum atomic E-state index is -0.273. The number of nitrogens with one attached hydrogen (secondary N) is 1. The van der Waals surface area contributed by atoms with Gasteiger partial charge < -0.3 is 14.8 Å². The summed E-state index contributed by atoms with van der Waals surface area (Å²) in [7, 11) is 0. The van der Waals surface area contributed by atoms with Crippen LogP contribution < -0.4 is 14.8 Å². The highest BCUT2D eigenvalue weighted by atomic mass is 35.5. The molecule has 132 valence electrons. The van der Waals surface area contributed by atoms with Crippen molar-refractivity contribution in [3.63, 3.8) is 0 Å². The molecule has 2 rings (SSSR count). The second-order valence-electron chi connectivity index (χ2n) is 5.02. The predicted octanol–water partition coefficient (Wildman–Crippen LogP) is 5.44. The number of benzene rings is 2. The van der Waals surface area contributed by atoms with E-state index in [-0.39, 0.29) is 5.91 Å². The van der Waals surface area contributed by atoms with E-state index in [1.807, 2.05) is 32.0 Å². The van der Waals surface area contributed by atoms with Crippen molar-refractivity contribution in [1.29, 1.82) is 0 Å². The number of hydrogen-bond acceptors (Lipinski definition) is 3. The van der Waals surface area contributed by atoms with Crippen LogP contribution in [0.5, 0.6) is 11.5 Å². The third-order valence-corrected chi connectivity index (χ3v) is 3.92. The zero-order chi connectivity index (χ0) is 18.2. The Labute approximate surface area is 157 Å². The van der Waals surface area contributed by atoms with E-state index in [9.17, 15) is 4.79 Å². The van der Waals surface area contributed by atoms with Gasteiger partial charge >= 0.3 is 0 Å². The lowest BCUT2D eigenvalue weighted by Gasteiger charge is -2.11. The summed E-state index contributed by atoms with van der Waals surface area (Å²) >= 11 is 11.8. The molecule has 0 bridgehead atoms. The van der Waals surface area contributed by atoms with Gasteiger partial charge in [0.15, 0.2) is 11.5 Å². The molecule has 0 aliphatic rings. The quantitative estimate of drug-likeness (QED) is 0.651. The van der Waals surface area contributed by atoms with Crippen molar-refractivity contribution in [2.75, 3.05) is 18.5 Å². The summed E-state index contributed by atoms with van der Waals surface area (Å²) < 4.78 is 11.1. The first-order valence-corrected chi connectivity index (χ1v) is 8.62. The Bertz CT molecular complexity index is 775. The lowest BCUT2D eigenvalue weighted by Crippen LogP contribution is -2.07. The van der Waals surface area contributed by atoms with Crippen LogP contribution in [-0.2, 0) is 4.79 Å². The van der Waals surface area contributed by atoms with Crippen molar-refractivity contribution < 1.29 is 14.3 Å². The Morgan fingerprint density at radius 1 is 1.00 bits per heavy atom. The second-order valence-corrected chi connectivity index (χ2v) is 5.84. The molecule has 2 aromatic carbocycles. The van der Waals surface area contributed by atoms with Crippen molar-refractivity contribution in [3.8, 4) is 11.5 Å². The van der Waals surface area contributed by atoms with Gasteiger partial charge in [0.1, 0.15) is 0 Å². The van der Waals surface area contributed by atoms with Gasteiger partial charge in [0.2, 0.25) is 5.91 Å². The summed E-state index contributed by atoms with van der Waals surface area (Å²) in [5, 5.41) is 3.55. The number of halogens is 2. The molecule has 6 heteroatoms. The summed E-state index contributed by atoms with van der Waals surface area (Å²) in [5.41, 5.74) is 1.40. The van der Waals surface area contributed by atoms with Gasteiger partial charge in [-0.1, -0.05) is 29.3 Å². The maximum Gasteiger partial charge on any atom is 0.248 e. The van der Waals surface area contributed by atoms with Crippen LogP contribution >= 0.6 is 23.2 Å². The molecule has 1 amide bonds. The van der Waals surface area contributed by atoms with Gasteiger partial charge in [-0.3, -0.25) is 4.79 Å². The number of ether oxygens (including phenoxy) is 2. The highest BCUT2D eigenvalue weighted by Gasteiger charge is 2.06. The molecular formula is C19H19Cl2NO3. The number of carbonyl (C=O) groups is 1. The Morgan fingerprint density at radius 2 is 1.72 bits per heavy atom. The van der Waals surface area contributed by atoms with Crippen LogP contribution in [0.15, 0.2) is 42.5 Å². The molecule has 0 spiro atoms. The molecule has 0 unspecified atom stereocenters. The van der Waals surface area contributed by atoms with Gasteiger partial charge in [0.05, 0.1) is 23.3 Å². The molecule has 0 atom stereocenters. The van der Waals surface area contributed by atoms with Crippen LogP contribution in [0.1, 0.15) is 19.4 Å². The van der Waals surface area contributed by atoms with E-state index in [0.717, 1.165) is 5.56 Å². The summed E-state index contributed by atoms with van der Waals surface area (Å²) in [6, 6.07) is 10.4. The predicted molar refractivity (Wildman–Crippen MR) is 103 cm³/mol. The standard InChI is InChI=1S/C19H19Cl2NO3/c1-3-24-17-9-5-13(11-18(17)25-4-2)6-10-19(23)22-14-7-8-15(20)16(21)12-14/h5-12H,3-4H2,1-2H3,(H,22,23)/b10-6+.